The summed E-state index contributed by atoms with van der Waals surface area (Å²) in [4.78, 5) is 9.82. The third-order valence-electron chi connectivity index (χ3n) is 2.77. The maximum absolute atomic E-state index is 4.37. The molecule has 18 heavy (non-hydrogen) atoms. The summed E-state index contributed by atoms with van der Waals surface area (Å²) in [7, 11) is 0. The number of nitrogens with zero attached hydrogens (tertiary/aromatic N) is 2. The zero-order chi connectivity index (χ0) is 12.4. The molecule has 4 heteroatoms. The molecular weight excluding hydrogens is 242 g/mol. The molecular formula is C14H13N3S. The van der Waals surface area contributed by atoms with Crippen LogP contribution in [0.25, 0.3) is 21.2 Å². The lowest BCUT2D eigenvalue weighted by molar-refractivity contribution is 1.19. The molecule has 90 valence electrons. The normalized spacial score (nSPS) is 10.7. The Balaban J connectivity index is 2.12. The topological polar surface area (TPSA) is 37.8 Å². The molecule has 1 N–H and O–H groups in total. The van der Waals surface area contributed by atoms with Gasteiger partial charge in [-0.1, -0.05) is 35.6 Å². The molecule has 0 aliphatic carbocycles. The van der Waals surface area contributed by atoms with Crippen molar-refractivity contribution in [3.63, 3.8) is 0 Å². The summed E-state index contributed by atoms with van der Waals surface area (Å²) in [5.74, 6) is 0. The number of aromatic nitrogens is 2. The summed E-state index contributed by atoms with van der Waals surface area (Å²) >= 11 is 1.66. The fourth-order valence-corrected chi connectivity index (χ4v) is 2.85. The first-order valence-electron chi connectivity index (χ1n) is 5.91. The highest BCUT2D eigenvalue weighted by Crippen LogP contribution is 2.33. The second kappa shape index (κ2) is 4.74. The number of thiazole rings is 1. The van der Waals surface area contributed by atoms with E-state index in [0.29, 0.717) is 0 Å². The van der Waals surface area contributed by atoms with Gasteiger partial charge in [0.25, 0.3) is 0 Å². The fraction of sp³-hybridized carbons (Fsp3) is 0.143. The van der Waals surface area contributed by atoms with Crippen molar-refractivity contribution >= 4 is 27.2 Å². The minimum absolute atomic E-state index is 0.890. The molecule has 0 bridgehead atoms. The van der Waals surface area contributed by atoms with Crippen molar-refractivity contribution in [3.8, 4) is 10.4 Å². The molecule has 0 atom stereocenters. The maximum Gasteiger partial charge on any atom is 0.183 e. The van der Waals surface area contributed by atoms with Crippen molar-refractivity contribution < 1.29 is 0 Å². The highest BCUT2D eigenvalue weighted by molar-refractivity contribution is 7.19. The average Bonchev–Trinajstić information content (AvgIpc) is 2.87. The minimum Gasteiger partial charge on any atom is -0.362 e. The van der Waals surface area contributed by atoms with Crippen LogP contribution in [0.1, 0.15) is 6.92 Å². The highest BCUT2D eigenvalue weighted by atomic mass is 32.1. The number of benzene rings is 1. The molecule has 0 unspecified atom stereocenters. The Bertz CT molecular complexity index is 670. The molecule has 0 aliphatic heterocycles. The van der Waals surface area contributed by atoms with Crippen LogP contribution >= 0.6 is 11.3 Å². The molecule has 0 amide bonds. The van der Waals surface area contributed by atoms with Crippen LogP contribution < -0.4 is 5.32 Å². The number of anilines is 1. The van der Waals surface area contributed by atoms with E-state index in [9.17, 15) is 0 Å². The van der Waals surface area contributed by atoms with Crippen molar-refractivity contribution in [1.82, 2.24) is 9.97 Å². The molecule has 3 nitrogen and oxygen atoms in total. The van der Waals surface area contributed by atoms with E-state index in [1.54, 1.807) is 11.3 Å². The van der Waals surface area contributed by atoms with Gasteiger partial charge >= 0.3 is 0 Å². The van der Waals surface area contributed by atoms with Crippen LogP contribution in [0.2, 0.25) is 0 Å². The molecule has 3 rings (SSSR count). The summed E-state index contributed by atoms with van der Waals surface area (Å²) in [6, 6.07) is 8.29. The Morgan fingerprint density at radius 1 is 1.17 bits per heavy atom. The minimum atomic E-state index is 0.890. The van der Waals surface area contributed by atoms with Crippen LogP contribution in [0.3, 0.4) is 0 Å². The van der Waals surface area contributed by atoms with Gasteiger partial charge in [-0.3, -0.25) is 4.98 Å². The molecule has 2 aromatic heterocycles. The number of pyridine rings is 1. The van der Waals surface area contributed by atoms with Crippen molar-refractivity contribution in [2.75, 3.05) is 11.9 Å². The van der Waals surface area contributed by atoms with E-state index in [0.717, 1.165) is 27.5 Å². The number of nitrogens with one attached hydrogen (secondary N) is 1. The first kappa shape index (κ1) is 11.2. The second-order valence-corrected chi connectivity index (χ2v) is 5.00. The van der Waals surface area contributed by atoms with Crippen LogP contribution in [0.15, 0.2) is 42.9 Å². The van der Waals surface area contributed by atoms with Gasteiger partial charge in [0, 0.05) is 36.1 Å². The summed E-state index contributed by atoms with van der Waals surface area (Å²) < 4.78 is 0. The first-order chi connectivity index (χ1) is 8.88. The standard InChI is InChI=1S/C14H13N3S/c1-2-16-14-17-9-13(18-14)12-8-15-7-10-5-3-4-6-11(10)12/h3-9H,2H2,1H3,(H,16,17). The van der Waals surface area contributed by atoms with Gasteiger partial charge in [0.05, 0.1) is 4.88 Å². The molecule has 0 fully saturated rings. The van der Waals surface area contributed by atoms with Crippen LogP contribution in [-0.2, 0) is 0 Å². The lowest BCUT2D eigenvalue weighted by Crippen LogP contribution is -1.94. The SMILES string of the molecule is CCNc1ncc(-c2cncc3ccccc23)s1. The zero-order valence-corrected chi connectivity index (χ0v) is 10.9. The summed E-state index contributed by atoms with van der Waals surface area (Å²) in [5.41, 5.74) is 1.15. The Labute approximate surface area is 110 Å². The highest BCUT2D eigenvalue weighted by Gasteiger charge is 2.07. The fourth-order valence-electron chi connectivity index (χ4n) is 1.94. The molecule has 0 saturated heterocycles. The third kappa shape index (κ3) is 1.95. The smallest absolute Gasteiger partial charge is 0.183 e. The Hall–Kier alpha value is -1.94. The number of rotatable bonds is 3. The van der Waals surface area contributed by atoms with Crippen LogP contribution in [-0.4, -0.2) is 16.5 Å². The lowest BCUT2D eigenvalue weighted by atomic mass is 10.1. The predicted octanol–water partition coefficient (Wildman–Crippen LogP) is 3.79. The van der Waals surface area contributed by atoms with E-state index in [1.807, 2.05) is 24.7 Å². The summed E-state index contributed by atoms with van der Waals surface area (Å²) in [5, 5.41) is 6.57. The van der Waals surface area contributed by atoms with E-state index in [-0.39, 0.29) is 0 Å². The quantitative estimate of drug-likeness (QED) is 0.773. The lowest BCUT2D eigenvalue weighted by Gasteiger charge is -2.02. The number of hydrogen-bond donors (Lipinski definition) is 1. The predicted molar refractivity (Wildman–Crippen MR) is 77.0 cm³/mol. The number of fused-ring (bicyclic) bond motifs is 1. The van der Waals surface area contributed by atoms with E-state index >= 15 is 0 Å². The van der Waals surface area contributed by atoms with E-state index in [4.69, 9.17) is 0 Å². The van der Waals surface area contributed by atoms with Crippen LogP contribution in [0, 0.1) is 0 Å². The third-order valence-corrected chi connectivity index (χ3v) is 3.76. The number of hydrogen-bond acceptors (Lipinski definition) is 4. The second-order valence-electron chi connectivity index (χ2n) is 3.97. The van der Waals surface area contributed by atoms with Gasteiger partial charge in [-0.25, -0.2) is 4.98 Å². The molecule has 2 heterocycles. The van der Waals surface area contributed by atoms with E-state index < -0.39 is 0 Å². The molecule has 0 saturated carbocycles. The van der Waals surface area contributed by atoms with E-state index in [2.05, 4.69) is 40.4 Å². The van der Waals surface area contributed by atoms with Crippen molar-refractivity contribution in [2.24, 2.45) is 0 Å². The van der Waals surface area contributed by atoms with Gasteiger partial charge in [-0.2, -0.15) is 0 Å². The van der Waals surface area contributed by atoms with Crippen LogP contribution in [0.4, 0.5) is 5.13 Å². The Kier molecular flexibility index (Phi) is 2.94. The maximum atomic E-state index is 4.37. The molecule has 0 spiro atoms. The molecule has 1 aromatic carbocycles. The Morgan fingerprint density at radius 2 is 2.06 bits per heavy atom. The molecule has 0 aliphatic rings. The zero-order valence-electron chi connectivity index (χ0n) is 10.1. The van der Waals surface area contributed by atoms with Crippen molar-refractivity contribution in [2.45, 2.75) is 6.92 Å². The average molecular weight is 255 g/mol. The van der Waals surface area contributed by atoms with Gasteiger partial charge in [0.2, 0.25) is 0 Å². The summed E-state index contributed by atoms with van der Waals surface area (Å²) in [6.07, 6.45) is 5.71. The van der Waals surface area contributed by atoms with Gasteiger partial charge in [0.1, 0.15) is 0 Å². The largest absolute Gasteiger partial charge is 0.362 e. The Morgan fingerprint density at radius 3 is 2.94 bits per heavy atom. The van der Waals surface area contributed by atoms with Crippen LogP contribution in [0.5, 0.6) is 0 Å². The molecule has 0 radical (unpaired) electrons. The van der Waals surface area contributed by atoms with Crippen molar-refractivity contribution in [1.29, 1.82) is 0 Å². The summed E-state index contributed by atoms with van der Waals surface area (Å²) in [6.45, 7) is 2.96. The molecule has 3 aromatic rings. The first-order valence-corrected chi connectivity index (χ1v) is 6.73. The van der Waals surface area contributed by atoms with Gasteiger partial charge in [-0.05, 0) is 12.3 Å². The van der Waals surface area contributed by atoms with E-state index in [1.165, 1.54) is 5.39 Å². The van der Waals surface area contributed by atoms with Gasteiger partial charge in [0.15, 0.2) is 5.13 Å². The monoisotopic (exact) mass is 255 g/mol. The van der Waals surface area contributed by atoms with Gasteiger partial charge < -0.3 is 5.32 Å². The van der Waals surface area contributed by atoms with Gasteiger partial charge in [-0.15, -0.1) is 0 Å². The van der Waals surface area contributed by atoms with Crippen molar-refractivity contribution in [3.05, 3.63) is 42.9 Å².